The van der Waals surface area contributed by atoms with Crippen LogP contribution in [0.4, 0.5) is 0 Å². The molecule has 0 radical (unpaired) electrons. The summed E-state index contributed by atoms with van der Waals surface area (Å²) < 4.78 is 0. The molecule has 1 aromatic carbocycles. The maximum absolute atomic E-state index is 3.53. The number of aryl methyl sites for hydroxylation is 2. The van der Waals surface area contributed by atoms with E-state index < -0.39 is 0 Å². The highest BCUT2D eigenvalue weighted by Gasteiger charge is 2.00. The molecule has 0 saturated heterocycles. The molecule has 1 aromatic rings. The molecule has 0 atom stereocenters. The topological polar surface area (TPSA) is 15.3 Å². The van der Waals surface area contributed by atoms with Crippen molar-refractivity contribution < 1.29 is 0 Å². The molecule has 0 fully saturated rings. The lowest BCUT2D eigenvalue weighted by Crippen LogP contribution is -2.32. The van der Waals surface area contributed by atoms with Gasteiger partial charge in [-0.1, -0.05) is 32.0 Å². The van der Waals surface area contributed by atoms with E-state index in [0.29, 0.717) is 0 Å². The summed E-state index contributed by atoms with van der Waals surface area (Å²) in [5.74, 6) is 0. The number of hydrogen-bond acceptors (Lipinski definition) is 2. The van der Waals surface area contributed by atoms with Gasteiger partial charge in [-0.25, -0.2) is 0 Å². The summed E-state index contributed by atoms with van der Waals surface area (Å²) in [5, 5.41) is 3.53. The van der Waals surface area contributed by atoms with E-state index in [4.69, 9.17) is 0 Å². The van der Waals surface area contributed by atoms with E-state index in [1.165, 1.54) is 29.7 Å². The Kier molecular flexibility index (Phi) is 6.99. The quantitative estimate of drug-likeness (QED) is 0.711. The van der Waals surface area contributed by atoms with E-state index in [1.54, 1.807) is 0 Å². The lowest BCUT2D eigenvalue weighted by molar-refractivity contribution is 0.287. The Labute approximate surface area is 112 Å². The number of nitrogens with one attached hydrogen (secondary N) is 1. The van der Waals surface area contributed by atoms with Crippen LogP contribution in [0.15, 0.2) is 18.2 Å². The molecule has 18 heavy (non-hydrogen) atoms. The second-order valence-corrected chi connectivity index (χ2v) is 5.03. The lowest BCUT2D eigenvalue weighted by atomic mass is 10.1. The SMILES string of the molecule is CCCN(CC)CCNCc1ccc(C)c(C)c1. The van der Waals surface area contributed by atoms with Crippen LogP contribution in [-0.4, -0.2) is 31.1 Å². The van der Waals surface area contributed by atoms with E-state index in [9.17, 15) is 0 Å². The van der Waals surface area contributed by atoms with Crippen LogP contribution in [-0.2, 0) is 6.54 Å². The van der Waals surface area contributed by atoms with Gasteiger partial charge < -0.3 is 10.2 Å². The highest BCUT2D eigenvalue weighted by Crippen LogP contribution is 2.09. The van der Waals surface area contributed by atoms with Gasteiger partial charge in [-0.15, -0.1) is 0 Å². The maximum Gasteiger partial charge on any atom is 0.0206 e. The monoisotopic (exact) mass is 248 g/mol. The summed E-state index contributed by atoms with van der Waals surface area (Å²) in [6.45, 7) is 14.4. The Morgan fingerprint density at radius 3 is 2.44 bits per heavy atom. The average molecular weight is 248 g/mol. The van der Waals surface area contributed by atoms with Crippen molar-refractivity contribution in [2.45, 2.75) is 40.7 Å². The predicted octanol–water partition coefficient (Wildman–Crippen LogP) is 3.12. The van der Waals surface area contributed by atoms with Crippen LogP contribution in [0.5, 0.6) is 0 Å². The number of likely N-dealkylation sites (N-methyl/N-ethyl adjacent to an activating group) is 1. The van der Waals surface area contributed by atoms with Crippen molar-refractivity contribution in [1.29, 1.82) is 0 Å². The number of rotatable bonds is 8. The van der Waals surface area contributed by atoms with Crippen LogP contribution in [0.25, 0.3) is 0 Å². The highest BCUT2D eigenvalue weighted by atomic mass is 15.1. The summed E-state index contributed by atoms with van der Waals surface area (Å²) in [4.78, 5) is 2.49. The first-order chi connectivity index (χ1) is 8.67. The number of benzene rings is 1. The lowest BCUT2D eigenvalue weighted by Gasteiger charge is -2.19. The van der Waals surface area contributed by atoms with Gasteiger partial charge in [-0.05, 0) is 50.0 Å². The zero-order chi connectivity index (χ0) is 13.4. The fraction of sp³-hybridized carbons (Fsp3) is 0.625. The second-order valence-electron chi connectivity index (χ2n) is 5.03. The van der Waals surface area contributed by atoms with Crippen molar-refractivity contribution >= 4 is 0 Å². The van der Waals surface area contributed by atoms with Gasteiger partial charge in [-0.2, -0.15) is 0 Å². The van der Waals surface area contributed by atoms with E-state index in [1.807, 2.05) is 0 Å². The van der Waals surface area contributed by atoms with E-state index in [2.05, 4.69) is 56.1 Å². The van der Waals surface area contributed by atoms with Crippen molar-refractivity contribution in [2.24, 2.45) is 0 Å². The molecule has 2 heteroatoms. The summed E-state index contributed by atoms with van der Waals surface area (Å²) >= 11 is 0. The Morgan fingerprint density at radius 1 is 1.06 bits per heavy atom. The van der Waals surface area contributed by atoms with Gasteiger partial charge in [-0.3, -0.25) is 0 Å². The summed E-state index contributed by atoms with van der Waals surface area (Å²) in [7, 11) is 0. The molecule has 0 spiro atoms. The maximum atomic E-state index is 3.53. The van der Waals surface area contributed by atoms with Crippen molar-refractivity contribution in [3.05, 3.63) is 34.9 Å². The zero-order valence-electron chi connectivity index (χ0n) is 12.4. The molecule has 1 rings (SSSR count). The summed E-state index contributed by atoms with van der Waals surface area (Å²) in [6.07, 6.45) is 1.24. The molecule has 0 aromatic heterocycles. The number of nitrogens with zero attached hydrogens (tertiary/aromatic N) is 1. The van der Waals surface area contributed by atoms with Crippen LogP contribution >= 0.6 is 0 Å². The first-order valence-electron chi connectivity index (χ1n) is 7.16. The predicted molar refractivity (Wildman–Crippen MR) is 80.0 cm³/mol. The van der Waals surface area contributed by atoms with Gasteiger partial charge in [0.15, 0.2) is 0 Å². The van der Waals surface area contributed by atoms with Crippen molar-refractivity contribution in [1.82, 2.24) is 10.2 Å². The molecule has 102 valence electrons. The molecule has 0 unspecified atom stereocenters. The van der Waals surface area contributed by atoms with Gasteiger partial charge in [0, 0.05) is 19.6 Å². The van der Waals surface area contributed by atoms with Crippen LogP contribution in [0.1, 0.15) is 37.0 Å². The summed E-state index contributed by atoms with van der Waals surface area (Å²) in [6, 6.07) is 6.71. The van der Waals surface area contributed by atoms with Gasteiger partial charge in [0.25, 0.3) is 0 Å². The minimum absolute atomic E-state index is 0.977. The van der Waals surface area contributed by atoms with Gasteiger partial charge in [0.1, 0.15) is 0 Å². The first-order valence-corrected chi connectivity index (χ1v) is 7.16. The van der Waals surface area contributed by atoms with Crippen molar-refractivity contribution in [3.8, 4) is 0 Å². The van der Waals surface area contributed by atoms with Crippen LogP contribution in [0.2, 0.25) is 0 Å². The van der Waals surface area contributed by atoms with Gasteiger partial charge in [0.05, 0.1) is 0 Å². The molecule has 0 aliphatic heterocycles. The second kappa shape index (κ2) is 8.28. The van der Waals surface area contributed by atoms with Crippen LogP contribution < -0.4 is 5.32 Å². The smallest absolute Gasteiger partial charge is 0.0206 e. The molecule has 0 heterocycles. The average Bonchev–Trinajstić information content (AvgIpc) is 2.37. The zero-order valence-corrected chi connectivity index (χ0v) is 12.4. The van der Waals surface area contributed by atoms with Crippen LogP contribution in [0.3, 0.4) is 0 Å². The molecule has 0 bridgehead atoms. The van der Waals surface area contributed by atoms with Crippen molar-refractivity contribution in [2.75, 3.05) is 26.2 Å². The van der Waals surface area contributed by atoms with Gasteiger partial charge >= 0.3 is 0 Å². The minimum Gasteiger partial charge on any atom is -0.311 e. The summed E-state index contributed by atoms with van der Waals surface area (Å²) in [5.41, 5.74) is 4.14. The largest absolute Gasteiger partial charge is 0.311 e. The number of hydrogen-bond donors (Lipinski definition) is 1. The Bertz CT molecular complexity index is 347. The normalized spacial score (nSPS) is 11.2. The molecule has 0 aliphatic carbocycles. The molecular formula is C16H28N2. The van der Waals surface area contributed by atoms with E-state index >= 15 is 0 Å². The first kappa shape index (κ1) is 15.2. The fourth-order valence-electron chi connectivity index (χ4n) is 2.13. The Morgan fingerprint density at radius 2 is 1.83 bits per heavy atom. The highest BCUT2D eigenvalue weighted by molar-refractivity contribution is 5.29. The van der Waals surface area contributed by atoms with E-state index in [0.717, 1.165) is 26.2 Å². The Hall–Kier alpha value is -0.860. The fourth-order valence-corrected chi connectivity index (χ4v) is 2.13. The van der Waals surface area contributed by atoms with E-state index in [-0.39, 0.29) is 0 Å². The molecule has 0 amide bonds. The minimum atomic E-state index is 0.977. The van der Waals surface area contributed by atoms with Crippen LogP contribution in [0, 0.1) is 13.8 Å². The Balaban J connectivity index is 2.26. The van der Waals surface area contributed by atoms with Gasteiger partial charge in [0.2, 0.25) is 0 Å². The standard InChI is InChI=1S/C16H28N2/c1-5-10-18(6-2)11-9-17-13-16-8-7-14(3)15(4)12-16/h7-8,12,17H,5-6,9-11,13H2,1-4H3. The molecule has 0 saturated carbocycles. The third kappa shape index (κ3) is 5.19. The molecular weight excluding hydrogens is 220 g/mol. The van der Waals surface area contributed by atoms with Crippen molar-refractivity contribution in [3.63, 3.8) is 0 Å². The molecule has 1 N–H and O–H groups in total. The third-order valence-corrected chi connectivity index (χ3v) is 3.49. The third-order valence-electron chi connectivity index (χ3n) is 3.49. The molecule has 0 aliphatic rings. The molecule has 2 nitrogen and oxygen atoms in total.